The molecule has 1 fully saturated rings. The first-order valence-corrected chi connectivity index (χ1v) is 9.38. The maximum absolute atomic E-state index is 13.3. The zero-order valence-electron chi connectivity index (χ0n) is 15.7. The highest BCUT2D eigenvalue weighted by Gasteiger charge is 2.35. The van der Waals surface area contributed by atoms with E-state index in [1.165, 1.54) is 0 Å². The molecule has 3 aromatic rings. The summed E-state index contributed by atoms with van der Waals surface area (Å²) < 4.78 is 0. The second-order valence-corrected chi connectivity index (χ2v) is 6.93. The molecule has 2 N–H and O–H groups in total. The van der Waals surface area contributed by atoms with Gasteiger partial charge in [-0.05, 0) is 12.5 Å². The first-order chi connectivity index (χ1) is 13.6. The van der Waals surface area contributed by atoms with Crippen LogP contribution in [-0.4, -0.2) is 46.0 Å². The van der Waals surface area contributed by atoms with Crippen LogP contribution in [0.25, 0.3) is 11.3 Å². The minimum atomic E-state index is -0.536. The molecule has 1 unspecified atom stereocenters. The van der Waals surface area contributed by atoms with Crippen LogP contribution in [0.1, 0.15) is 21.6 Å². The summed E-state index contributed by atoms with van der Waals surface area (Å²) in [7, 11) is 0. The number of carbonyl (C=O) groups is 2. The quantitative estimate of drug-likeness (QED) is 0.737. The molecule has 0 saturated carbocycles. The summed E-state index contributed by atoms with van der Waals surface area (Å²) >= 11 is 0. The first kappa shape index (κ1) is 18.0. The van der Waals surface area contributed by atoms with E-state index in [1.807, 2.05) is 67.6 Å². The van der Waals surface area contributed by atoms with Crippen molar-refractivity contribution in [2.45, 2.75) is 19.4 Å². The fourth-order valence-corrected chi connectivity index (χ4v) is 3.62. The number of nitrogens with zero attached hydrogens (tertiary/aromatic N) is 2. The molecule has 1 saturated heterocycles. The van der Waals surface area contributed by atoms with Crippen LogP contribution in [0, 0.1) is 6.92 Å². The second kappa shape index (κ2) is 7.68. The molecule has 2 aromatic carbocycles. The van der Waals surface area contributed by atoms with Crippen LogP contribution < -0.4 is 5.32 Å². The number of carbonyl (C=O) groups excluding carboxylic acids is 2. The minimum Gasteiger partial charge on any atom is -0.353 e. The standard InChI is InChI=1S/C22H22N4O2/c1-15-19(17-10-6-3-7-11-17)24-25-20(15)22(28)26-13-12-23-21(27)18(26)14-16-8-4-2-5-9-16/h2-11,18H,12-14H2,1H3,(H,23,27)(H,24,25). The van der Waals surface area contributed by atoms with Crippen molar-refractivity contribution >= 4 is 11.8 Å². The zero-order chi connectivity index (χ0) is 19.5. The van der Waals surface area contributed by atoms with Crippen LogP contribution >= 0.6 is 0 Å². The molecule has 1 aromatic heterocycles. The highest BCUT2D eigenvalue weighted by Crippen LogP contribution is 2.24. The van der Waals surface area contributed by atoms with Gasteiger partial charge in [-0.2, -0.15) is 5.10 Å². The van der Waals surface area contributed by atoms with Gasteiger partial charge < -0.3 is 10.2 Å². The molecular weight excluding hydrogens is 352 g/mol. The van der Waals surface area contributed by atoms with Crippen molar-refractivity contribution < 1.29 is 9.59 Å². The van der Waals surface area contributed by atoms with Gasteiger partial charge >= 0.3 is 0 Å². The Kier molecular flexibility index (Phi) is 4.93. The van der Waals surface area contributed by atoms with Crippen molar-refractivity contribution in [3.63, 3.8) is 0 Å². The molecule has 142 valence electrons. The van der Waals surface area contributed by atoms with Gasteiger partial charge in [0.2, 0.25) is 5.91 Å². The van der Waals surface area contributed by atoms with Gasteiger partial charge in [-0.3, -0.25) is 14.7 Å². The van der Waals surface area contributed by atoms with Gasteiger partial charge in [0.1, 0.15) is 11.7 Å². The van der Waals surface area contributed by atoms with Crippen LogP contribution in [0.15, 0.2) is 60.7 Å². The smallest absolute Gasteiger partial charge is 0.272 e. The third-order valence-corrected chi connectivity index (χ3v) is 5.13. The Hall–Kier alpha value is -3.41. The van der Waals surface area contributed by atoms with Gasteiger partial charge in [0, 0.05) is 30.6 Å². The lowest BCUT2D eigenvalue weighted by Gasteiger charge is -2.35. The highest BCUT2D eigenvalue weighted by molar-refractivity contribution is 5.99. The topological polar surface area (TPSA) is 78.1 Å². The number of aromatic nitrogens is 2. The third kappa shape index (κ3) is 3.41. The van der Waals surface area contributed by atoms with E-state index < -0.39 is 6.04 Å². The molecule has 1 atom stereocenters. The van der Waals surface area contributed by atoms with Gasteiger partial charge in [0.25, 0.3) is 5.91 Å². The molecule has 6 heteroatoms. The van der Waals surface area contributed by atoms with Crippen molar-refractivity contribution in [1.82, 2.24) is 20.4 Å². The molecule has 0 spiro atoms. The number of hydrogen-bond donors (Lipinski definition) is 2. The van der Waals surface area contributed by atoms with Gasteiger partial charge in [-0.1, -0.05) is 60.7 Å². The second-order valence-electron chi connectivity index (χ2n) is 6.93. The molecular formula is C22H22N4O2. The summed E-state index contributed by atoms with van der Waals surface area (Å²) in [5.41, 5.74) is 3.96. The highest BCUT2D eigenvalue weighted by atomic mass is 16.2. The van der Waals surface area contributed by atoms with Crippen molar-refractivity contribution in [1.29, 1.82) is 0 Å². The maximum atomic E-state index is 13.3. The normalized spacial score (nSPS) is 16.7. The van der Waals surface area contributed by atoms with Gasteiger partial charge in [-0.25, -0.2) is 0 Å². The van der Waals surface area contributed by atoms with E-state index >= 15 is 0 Å². The van der Waals surface area contributed by atoms with E-state index in [9.17, 15) is 9.59 Å². The molecule has 6 nitrogen and oxygen atoms in total. The molecule has 1 aliphatic heterocycles. The number of rotatable bonds is 4. The number of aromatic amines is 1. The summed E-state index contributed by atoms with van der Waals surface area (Å²) in [5, 5.41) is 10.1. The number of amides is 2. The Labute approximate surface area is 163 Å². The molecule has 28 heavy (non-hydrogen) atoms. The monoisotopic (exact) mass is 374 g/mol. The van der Waals surface area contributed by atoms with E-state index in [0.717, 1.165) is 22.4 Å². The van der Waals surface area contributed by atoms with Gasteiger partial charge in [-0.15, -0.1) is 0 Å². The van der Waals surface area contributed by atoms with Crippen LogP contribution in [0.2, 0.25) is 0 Å². The molecule has 0 aliphatic carbocycles. The van der Waals surface area contributed by atoms with Gasteiger partial charge in [0.15, 0.2) is 0 Å². The number of piperazine rings is 1. The maximum Gasteiger partial charge on any atom is 0.272 e. The Bertz CT molecular complexity index is 982. The number of nitrogens with one attached hydrogen (secondary N) is 2. The van der Waals surface area contributed by atoms with E-state index in [-0.39, 0.29) is 11.8 Å². The van der Waals surface area contributed by atoms with E-state index in [4.69, 9.17) is 0 Å². The van der Waals surface area contributed by atoms with Crippen molar-refractivity contribution in [2.24, 2.45) is 0 Å². The average Bonchev–Trinajstić information content (AvgIpc) is 3.12. The van der Waals surface area contributed by atoms with E-state index in [1.54, 1.807) is 4.90 Å². The molecule has 2 amide bonds. The Balaban J connectivity index is 1.62. The summed E-state index contributed by atoms with van der Waals surface area (Å²) in [6.07, 6.45) is 0.483. The Morgan fingerprint density at radius 3 is 2.50 bits per heavy atom. The average molecular weight is 374 g/mol. The van der Waals surface area contributed by atoms with Crippen LogP contribution in [0.3, 0.4) is 0 Å². The number of hydrogen-bond acceptors (Lipinski definition) is 3. The van der Waals surface area contributed by atoms with Crippen molar-refractivity contribution in [3.8, 4) is 11.3 Å². The molecule has 0 bridgehead atoms. The lowest BCUT2D eigenvalue weighted by atomic mass is 10.0. The summed E-state index contributed by atoms with van der Waals surface area (Å²) in [6.45, 7) is 2.81. The van der Waals surface area contributed by atoms with Crippen LogP contribution in [0.5, 0.6) is 0 Å². The van der Waals surface area contributed by atoms with Crippen molar-refractivity contribution in [3.05, 3.63) is 77.5 Å². The first-order valence-electron chi connectivity index (χ1n) is 9.38. The number of H-pyrrole nitrogens is 1. The minimum absolute atomic E-state index is 0.121. The Morgan fingerprint density at radius 1 is 1.11 bits per heavy atom. The van der Waals surface area contributed by atoms with Crippen molar-refractivity contribution in [2.75, 3.05) is 13.1 Å². The Morgan fingerprint density at radius 2 is 1.79 bits per heavy atom. The molecule has 4 rings (SSSR count). The third-order valence-electron chi connectivity index (χ3n) is 5.13. The van der Waals surface area contributed by atoms with Crippen LogP contribution in [0.4, 0.5) is 0 Å². The lowest BCUT2D eigenvalue weighted by molar-refractivity contribution is -0.127. The predicted molar refractivity (Wildman–Crippen MR) is 107 cm³/mol. The predicted octanol–water partition coefficient (Wildman–Crippen LogP) is 2.57. The van der Waals surface area contributed by atoms with Crippen LogP contribution in [-0.2, 0) is 11.2 Å². The van der Waals surface area contributed by atoms with Gasteiger partial charge in [0.05, 0.1) is 5.69 Å². The summed E-state index contributed by atoms with van der Waals surface area (Å²) in [5.74, 6) is -0.313. The summed E-state index contributed by atoms with van der Waals surface area (Å²) in [4.78, 5) is 27.5. The lowest BCUT2D eigenvalue weighted by Crippen LogP contribution is -2.58. The largest absolute Gasteiger partial charge is 0.353 e. The molecule has 2 heterocycles. The SMILES string of the molecule is Cc1c(-c2ccccc2)n[nH]c1C(=O)N1CCNC(=O)C1Cc1ccccc1. The molecule has 0 radical (unpaired) electrons. The molecule has 1 aliphatic rings. The zero-order valence-corrected chi connectivity index (χ0v) is 15.7. The number of benzene rings is 2. The van der Waals surface area contributed by atoms with E-state index in [0.29, 0.717) is 25.2 Å². The summed E-state index contributed by atoms with van der Waals surface area (Å²) in [6, 6.07) is 19.0. The van der Waals surface area contributed by atoms with E-state index in [2.05, 4.69) is 15.5 Å². The fourth-order valence-electron chi connectivity index (χ4n) is 3.62. The fraction of sp³-hybridized carbons (Fsp3) is 0.227.